The number of amides is 1. The Labute approximate surface area is 104 Å². The van der Waals surface area contributed by atoms with E-state index in [1.54, 1.807) is 10.9 Å². The van der Waals surface area contributed by atoms with Crippen LogP contribution in [0.3, 0.4) is 0 Å². The third kappa shape index (κ3) is 3.13. The van der Waals surface area contributed by atoms with Gasteiger partial charge in [-0.3, -0.25) is 9.48 Å². The molecule has 0 aliphatic rings. The first-order valence-electron chi connectivity index (χ1n) is 5.54. The maximum Gasteiger partial charge on any atom is 0.251 e. The minimum Gasteiger partial charge on any atom is -0.350 e. The van der Waals surface area contributed by atoms with Crippen LogP contribution in [0.5, 0.6) is 0 Å². The average Bonchev–Trinajstić information content (AvgIpc) is 2.75. The predicted molar refractivity (Wildman–Crippen MR) is 63.5 cm³/mol. The smallest absolute Gasteiger partial charge is 0.251 e. The zero-order valence-corrected chi connectivity index (χ0v) is 9.93. The van der Waals surface area contributed by atoms with E-state index in [4.69, 9.17) is 0 Å². The molecule has 5 nitrogen and oxygen atoms in total. The van der Waals surface area contributed by atoms with Crippen LogP contribution >= 0.6 is 0 Å². The molecule has 0 fully saturated rings. The van der Waals surface area contributed by atoms with Gasteiger partial charge in [0.15, 0.2) is 0 Å². The molecule has 0 unspecified atom stereocenters. The highest BCUT2D eigenvalue weighted by Crippen LogP contribution is 2.00. The van der Waals surface area contributed by atoms with E-state index in [1.807, 2.05) is 13.1 Å². The fraction of sp³-hybridized carbons (Fsp3) is 0.250. The zero-order chi connectivity index (χ0) is 13.0. The van der Waals surface area contributed by atoms with Crippen LogP contribution < -0.4 is 5.32 Å². The van der Waals surface area contributed by atoms with Gasteiger partial charge in [-0.1, -0.05) is 0 Å². The number of nitrogens with one attached hydrogen (secondary N) is 1. The number of aryl methyl sites for hydroxylation is 1. The Morgan fingerprint density at radius 3 is 3.06 bits per heavy atom. The molecular weight excluding hydrogens is 235 g/mol. The molecule has 2 aromatic rings. The van der Waals surface area contributed by atoms with Gasteiger partial charge in [-0.15, -0.1) is 0 Å². The number of pyridine rings is 1. The van der Waals surface area contributed by atoms with Crippen LogP contribution in [-0.4, -0.2) is 27.2 Å². The average molecular weight is 248 g/mol. The first-order chi connectivity index (χ1) is 8.65. The van der Waals surface area contributed by atoms with Gasteiger partial charge in [-0.2, -0.15) is 9.49 Å². The van der Waals surface area contributed by atoms with Gasteiger partial charge in [0, 0.05) is 30.6 Å². The van der Waals surface area contributed by atoms with Crippen molar-refractivity contribution >= 4 is 5.91 Å². The number of aromatic nitrogens is 3. The van der Waals surface area contributed by atoms with Crippen molar-refractivity contribution in [1.29, 1.82) is 0 Å². The number of halogens is 1. The van der Waals surface area contributed by atoms with Gasteiger partial charge in [-0.25, -0.2) is 4.98 Å². The molecule has 0 saturated carbocycles. The lowest BCUT2D eigenvalue weighted by molar-refractivity contribution is 0.0951. The zero-order valence-electron chi connectivity index (χ0n) is 9.93. The van der Waals surface area contributed by atoms with Crippen LogP contribution in [0.25, 0.3) is 0 Å². The number of carbonyl (C=O) groups excluding carboxylic acids is 1. The highest BCUT2D eigenvalue weighted by molar-refractivity contribution is 5.93. The largest absolute Gasteiger partial charge is 0.350 e. The van der Waals surface area contributed by atoms with Gasteiger partial charge >= 0.3 is 0 Å². The van der Waals surface area contributed by atoms with E-state index in [0.29, 0.717) is 13.1 Å². The molecule has 1 N–H and O–H groups in total. The molecule has 2 aromatic heterocycles. The summed E-state index contributed by atoms with van der Waals surface area (Å²) in [6.07, 6.45) is 4.90. The molecule has 0 spiro atoms. The van der Waals surface area contributed by atoms with Crippen LogP contribution in [0.2, 0.25) is 0 Å². The van der Waals surface area contributed by atoms with Gasteiger partial charge in [0.2, 0.25) is 5.95 Å². The quantitative estimate of drug-likeness (QED) is 0.826. The normalized spacial score (nSPS) is 10.3. The van der Waals surface area contributed by atoms with E-state index in [2.05, 4.69) is 15.4 Å². The predicted octanol–water partition coefficient (Wildman–Crippen LogP) is 1.16. The van der Waals surface area contributed by atoms with Crippen LogP contribution in [0, 0.1) is 12.9 Å². The summed E-state index contributed by atoms with van der Waals surface area (Å²) >= 11 is 0. The molecule has 0 saturated heterocycles. The summed E-state index contributed by atoms with van der Waals surface area (Å²) < 4.78 is 14.6. The van der Waals surface area contributed by atoms with Crippen molar-refractivity contribution in [2.24, 2.45) is 0 Å². The maximum atomic E-state index is 12.8. The van der Waals surface area contributed by atoms with Crippen molar-refractivity contribution < 1.29 is 9.18 Å². The molecule has 0 aliphatic heterocycles. The van der Waals surface area contributed by atoms with Crippen LogP contribution in [-0.2, 0) is 6.54 Å². The van der Waals surface area contributed by atoms with Crippen molar-refractivity contribution in [3.63, 3.8) is 0 Å². The van der Waals surface area contributed by atoms with Gasteiger partial charge in [0.25, 0.3) is 5.91 Å². The van der Waals surface area contributed by atoms with Crippen molar-refractivity contribution in [2.45, 2.75) is 13.5 Å². The molecular formula is C12H13FN4O. The molecule has 2 heterocycles. The molecule has 0 bridgehead atoms. The van der Waals surface area contributed by atoms with Crippen LogP contribution in [0.15, 0.2) is 30.7 Å². The first kappa shape index (κ1) is 12.2. The lowest BCUT2D eigenvalue weighted by Gasteiger charge is -2.05. The molecule has 1 amide bonds. The molecule has 0 aliphatic carbocycles. The fourth-order valence-corrected chi connectivity index (χ4v) is 1.52. The Morgan fingerprint density at radius 2 is 2.39 bits per heavy atom. The summed E-state index contributed by atoms with van der Waals surface area (Å²) in [5.41, 5.74) is 1.33. The Kier molecular flexibility index (Phi) is 3.66. The Balaban J connectivity index is 1.85. The maximum absolute atomic E-state index is 12.8. The second-order valence-corrected chi connectivity index (χ2v) is 3.90. The number of hydrogen-bond acceptors (Lipinski definition) is 3. The van der Waals surface area contributed by atoms with Crippen molar-refractivity contribution in [3.8, 4) is 0 Å². The van der Waals surface area contributed by atoms with E-state index in [1.165, 1.54) is 12.3 Å². The highest BCUT2D eigenvalue weighted by Gasteiger charge is 2.06. The molecule has 94 valence electrons. The summed E-state index contributed by atoms with van der Waals surface area (Å²) in [7, 11) is 0. The van der Waals surface area contributed by atoms with E-state index in [9.17, 15) is 9.18 Å². The second-order valence-electron chi connectivity index (χ2n) is 3.90. The van der Waals surface area contributed by atoms with Gasteiger partial charge < -0.3 is 5.32 Å². The molecule has 18 heavy (non-hydrogen) atoms. The summed E-state index contributed by atoms with van der Waals surface area (Å²) in [6.45, 7) is 2.96. The van der Waals surface area contributed by atoms with Crippen LogP contribution in [0.1, 0.15) is 15.9 Å². The van der Waals surface area contributed by atoms with E-state index in [0.717, 1.165) is 11.6 Å². The first-order valence-corrected chi connectivity index (χ1v) is 5.54. The Hall–Kier alpha value is -2.24. The van der Waals surface area contributed by atoms with Crippen molar-refractivity contribution in [3.05, 3.63) is 47.8 Å². The summed E-state index contributed by atoms with van der Waals surface area (Å²) in [5.74, 6) is -0.981. The van der Waals surface area contributed by atoms with E-state index >= 15 is 0 Å². The number of hydrogen-bond donors (Lipinski definition) is 1. The minimum atomic E-state index is -0.662. The summed E-state index contributed by atoms with van der Waals surface area (Å²) in [5, 5.41) is 6.78. The lowest BCUT2D eigenvalue weighted by atomic mass is 10.2. The Morgan fingerprint density at radius 1 is 1.56 bits per heavy atom. The molecule has 0 atom stereocenters. The molecule has 2 rings (SSSR count). The summed E-state index contributed by atoms with van der Waals surface area (Å²) in [4.78, 5) is 15.0. The van der Waals surface area contributed by atoms with Crippen molar-refractivity contribution in [1.82, 2.24) is 20.1 Å². The van der Waals surface area contributed by atoms with E-state index < -0.39 is 5.95 Å². The topological polar surface area (TPSA) is 59.8 Å². The number of nitrogens with zero attached hydrogens (tertiary/aromatic N) is 3. The fourth-order valence-electron chi connectivity index (χ4n) is 1.52. The Bertz CT molecular complexity index is 553. The molecule has 0 radical (unpaired) electrons. The monoisotopic (exact) mass is 248 g/mol. The standard InChI is InChI=1S/C12H13FN4O/c1-9-7-16-17(8-9)5-4-15-12(18)10-2-3-14-11(13)6-10/h2-3,6-8H,4-5H2,1H3,(H,15,18). The minimum absolute atomic E-state index is 0.263. The molecule has 0 aromatic carbocycles. The number of carbonyl (C=O) groups is 1. The van der Waals surface area contributed by atoms with Gasteiger partial charge in [-0.05, 0) is 18.6 Å². The van der Waals surface area contributed by atoms with Crippen LogP contribution in [0.4, 0.5) is 4.39 Å². The highest BCUT2D eigenvalue weighted by atomic mass is 19.1. The third-order valence-electron chi connectivity index (χ3n) is 2.38. The number of rotatable bonds is 4. The summed E-state index contributed by atoms with van der Waals surface area (Å²) in [6, 6.07) is 2.57. The van der Waals surface area contributed by atoms with Gasteiger partial charge in [0.05, 0.1) is 12.7 Å². The second kappa shape index (κ2) is 5.39. The lowest BCUT2D eigenvalue weighted by Crippen LogP contribution is -2.27. The molecule has 6 heteroatoms. The van der Waals surface area contributed by atoms with Gasteiger partial charge in [0.1, 0.15) is 0 Å². The van der Waals surface area contributed by atoms with Crippen molar-refractivity contribution in [2.75, 3.05) is 6.54 Å². The third-order valence-corrected chi connectivity index (χ3v) is 2.38. The SMILES string of the molecule is Cc1cnn(CCNC(=O)c2ccnc(F)c2)c1. The van der Waals surface area contributed by atoms with E-state index in [-0.39, 0.29) is 11.5 Å².